The van der Waals surface area contributed by atoms with E-state index in [1.807, 2.05) is 0 Å². The smallest absolute Gasteiger partial charge is 0.341 e. The summed E-state index contributed by atoms with van der Waals surface area (Å²) in [6.07, 6.45) is 3.52. The second kappa shape index (κ2) is 6.32. The van der Waals surface area contributed by atoms with Gasteiger partial charge in [-0.3, -0.25) is 4.79 Å². The molecule has 6 atom stereocenters. The second-order valence-corrected chi connectivity index (χ2v) is 8.35. The van der Waals surface area contributed by atoms with Gasteiger partial charge in [0, 0.05) is 12.0 Å². The standard InChI is InChI=1S/C19H30NO6/c1-5-8-20-9-6-13-11-25-17(22)19(4,24)18(3,23)12(2)16(21)26-14(7-10-20)15(13)20/h6,12,14-15,23-24H,5,7-11H2,1-4H3/q+1/t12-,14-,15+,18+,19-,20?/m1/s1. The number of quaternary nitrogens is 1. The van der Waals surface area contributed by atoms with E-state index in [0.29, 0.717) is 0 Å². The highest BCUT2D eigenvalue weighted by molar-refractivity contribution is 5.83. The van der Waals surface area contributed by atoms with Gasteiger partial charge in [0.2, 0.25) is 0 Å². The van der Waals surface area contributed by atoms with E-state index in [2.05, 4.69) is 13.0 Å². The Morgan fingerprint density at radius 3 is 2.65 bits per heavy atom. The first-order valence-corrected chi connectivity index (χ1v) is 9.44. The average molecular weight is 368 g/mol. The van der Waals surface area contributed by atoms with E-state index in [4.69, 9.17) is 9.47 Å². The number of carbonyl (C=O) groups is 2. The molecule has 0 aromatic rings. The van der Waals surface area contributed by atoms with Gasteiger partial charge in [0.15, 0.2) is 17.7 Å². The van der Waals surface area contributed by atoms with E-state index in [9.17, 15) is 19.8 Å². The van der Waals surface area contributed by atoms with Gasteiger partial charge in [-0.05, 0) is 33.3 Å². The number of hydrogen-bond donors (Lipinski definition) is 2. The molecule has 0 amide bonds. The Hall–Kier alpha value is -1.44. The monoisotopic (exact) mass is 368 g/mol. The molecule has 2 fully saturated rings. The summed E-state index contributed by atoms with van der Waals surface area (Å²) in [5, 5.41) is 21.4. The molecule has 0 aromatic heterocycles. The molecule has 2 N–H and O–H groups in total. The first-order chi connectivity index (χ1) is 12.1. The SMILES string of the molecule is CCC[N+]12CC=C3COC(=O)[C@@](C)(O)[C@@](C)(O)[C@H](C)C(=O)O[C@H](CC1)[C@H]32. The summed E-state index contributed by atoms with van der Waals surface area (Å²) in [6.45, 7) is 8.81. The highest BCUT2D eigenvalue weighted by Gasteiger charge is 2.59. The van der Waals surface area contributed by atoms with Crippen molar-refractivity contribution >= 4 is 11.9 Å². The minimum atomic E-state index is -2.22. The summed E-state index contributed by atoms with van der Waals surface area (Å²) >= 11 is 0. The summed E-state index contributed by atoms with van der Waals surface area (Å²) in [6, 6.07) is -0.0214. The van der Waals surface area contributed by atoms with Crippen LogP contribution in [0.15, 0.2) is 11.6 Å². The zero-order valence-corrected chi connectivity index (χ0v) is 16.0. The Kier molecular flexibility index (Phi) is 4.70. The normalized spacial score (nSPS) is 46.1. The average Bonchev–Trinajstić information content (AvgIpc) is 3.09. The summed E-state index contributed by atoms with van der Waals surface area (Å²) in [5.41, 5.74) is -3.30. The number of esters is 2. The van der Waals surface area contributed by atoms with Crippen molar-refractivity contribution in [1.29, 1.82) is 0 Å². The van der Waals surface area contributed by atoms with E-state index >= 15 is 0 Å². The summed E-state index contributed by atoms with van der Waals surface area (Å²) < 4.78 is 12.0. The molecule has 0 spiro atoms. The summed E-state index contributed by atoms with van der Waals surface area (Å²) in [5.74, 6) is -2.61. The number of aliphatic hydroxyl groups is 2. The van der Waals surface area contributed by atoms with Crippen molar-refractivity contribution in [3.05, 3.63) is 11.6 Å². The quantitative estimate of drug-likeness (QED) is 0.420. The molecule has 3 aliphatic heterocycles. The highest BCUT2D eigenvalue weighted by Crippen LogP contribution is 2.41. The third-order valence-corrected chi connectivity index (χ3v) is 6.78. The van der Waals surface area contributed by atoms with Crippen molar-refractivity contribution in [2.75, 3.05) is 26.2 Å². The Morgan fingerprint density at radius 2 is 2.00 bits per heavy atom. The van der Waals surface area contributed by atoms with Crippen molar-refractivity contribution < 1.29 is 33.8 Å². The van der Waals surface area contributed by atoms with E-state index in [0.717, 1.165) is 42.5 Å². The molecule has 0 aliphatic carbocycles. The van der Waals surface area contributed by atoms with Gasteiger partial charge in [0.1, 0.15) is 12.2 Å². The number of nitrogens with zero attached hydrogens (tertiary/aromatic N) is 1. The van der Waals surface area contributed by atoms with Gasteiger partial charge in [0.25, 0.3) is 0 Å². The van der Waals surface area contributed by atoms with Crippen molar-refractivity contribution in [1.82, 2.24) is 0 Å². The number of rotatable bonds is 2. The Balaban J connectivity index is 1.98. The lowest BCUT2D eigenvalue weighted by Gasteiger charge is -2.39. The lowest BCUT2D eigenvalue weighted by atomic mass is 9.76. The van der Waals surface area contributed by atoms with Crippen molar-refractivity contribution in [3.63, 3.8) is 0 Å². The first-order valence-electron chi connectivity index (χ1n) is 9.44. The molecule has 1 unspecified atom stereocenters. The molecule has 3 aliphatic rings. The maximum Gasteiger partial charge on any atom is 0.341 e. The molecule has 7 heteroatoms. The maximum absolute atomic E-state index is 12.7. The highest BCUT2D eigenvalue weighted by atomic mass is 16.6. The lowest BCUT2D eigenvalue weighted by Crippen LogP contribution is -2.61. The van der Waals surface area contributed by atoms with Crippen LogP contribution in [0.1, 0.15) is 40.5 Å². The van der Waals surface area contributed by atoms with Gasteiger partial charge in [-0.1, -0.05) is 6.92 Å². The Bertz CT molecular complexity index is 640. The third-order valence-electron chi connectivity index (χ3n) is 6.78. The van der Waals surface area contributed by atoms with Crippen LogP contribution in [0, 0.1) is 5.92 Å². The topological polar surface area (TPSA) is 93.1 Å². The van der Waals surface area contributed by atoms with E-state index < -0.39 is 29.1 Å². The van der Waals surface area contributed by atoms with E-state index in [-0.39, 0.29) is 18.8 Å². The second-order valence-electron chi connectivity index (χ2n) is 8.35. The van der Waals surface area contributed by atoms with Crippen molar-refractivity contribution in [2.24, 2.45) is 5.92 Å². The van der Waals surface area contributed by atoms with Crippen LogP contribution in [0.3, 0.4) is 0 Å². The Labute approximate surface area is 154 Å². The first kappa shape index (κ1) is 19.3. The number of ether oxygens (including phenoxy) is 2. The molecule has 3 rings (SSSR count). The lowest BCUT2D eigenvalue weighted by molar-refractivity contribution is -0.925. The number of cyclic esters (lactones) is 1. The fraction of sp³-hybridized carbons (Fsp3) is 0.789. The molecular weight excluding hydrogens is 338 g/mol. The predicted molar refractivity (Wildman–Crippen MR) is 92.9 cm³/mol. The molecule has 0 bridgehead atoms. The van der Waals surface area contributed by atoms with Crippen LogP contribution >= 0.6 is 0 Å². The minimum Gasteiger partial charge on any atom is -0.459 e. The van der Waals surface area contributed by atoms with E-state index in [1.54, 1.807) is 0 Å². The maximum atomic E-state index is 12.7. The van der Waals surface area contributed by atoms with Gasteiger partial charge in [-0.15, -0.1) is 0 Å². The molecule has 3 heterocycles. The molecule has 146 valence electrons. The summed E-state index contributed by atoms with van der Waals surface area (Å²) in [7, 11) is 0. The fourth-order valence-electron chi connectivity index (χ4n) is 4.70. The zero-order chi connectivity index (χ0) is 19.3. The van der Waals surface area contributed by atoms with Gasteiger partial charge >= 0.3 is 11.9 Å². The molecule has 0 saturated carbocycles. The molecule has 7 nitrogen and oxygen atoms in total. The molecular formula is C19H30NO6+. The van der Waals surface area contributed by atoms with Crippen LogP contribution in [0.4, 0.5) is 0 Å². The zero-order valence-electron chi connectivity index (χ0n) is 16.0. The molecule has 26 heavy (non-hydrogen) atoms. The van der Waals surface area contributed by atoms with Crippen molar-refractivity contribution in [3.8, 4) is 0 Å². The molecule has 0 radical (unpaired) electrons. The largest absolute Gasteiger partial charge is 0.459 e. The van der Waals surface area contributed by atoms with Crippen LogP contribution in [-0.2, 0) is 19.1 Å². The van der Waals surface area contributed by atoms with Gasteiger partial charge < -0.3 is 24.2 Å². The Morgan fingerprint density at radius 1 is 1.31 bits per heavy atom. The predicted octanol–water partition coefficient (Wildman–Crippen LogP) is 0.532. The molecule has 2 saturated heterocycles. The van der Waals surface area contributed by atoms with Crippen LogP contribution < -0.4 is 0 Å². The van der Waals surface area contributed by atoms with Crippen LogP contribution in [0.5, 0.6) is 0 Å². The van der Waals surface area contributed by atoms with Crippen LogP contribution in [-0.4, -0.2) is 76.2 Å². The minimum absolute atomic E-state index is 0.0214. The van der Waals surface area contributed by atoms with Gasteiger partial charge in [-0.25, -0.2) is 4.79 Å². The van der Waals surface area contributed by atoms with Crippen molar-refractivity contribution in [2.45, 2.75) is 63.9 Å². The summed E-state index contributed by atoms with van der Waals surface area (Å²) in [4.78, 5) is 25.2. The number of carbonyl (C=O) groups excluding carboxylic acids is 2. The number of hydrogen-bond acceptors (Lipinski definition) is 6. The molecule has 0 aromatic carbocycles. The van der Waals surface area contributed by atoms with Gasteiger partial charge in [0.05, 0.1) is 25.6 Å². The fourth-order valence-corrected chi connectivity index (χ4v) is 4.70. The van der Waals surface area contributed by atoms with Gasteiger partial charge in [-0.2, -0.15) is 0 Å². The van der Waals surface area contributed by atoms with Crippen LogP contribution in [0.2, 0.25) is 0 Å². The van der Waals surface area contributed by atoms with E-state index in [1.165, 1.54) is 20.8 Å². The van der Waals surface area contributed by atoms with Crippen LogP contribution in [0.25, 0.3) is 0 Å². The third kappa shape index (κ3) is 2.68.